The summed E-state index contributed by atoms with van der Waals surface area (Å²) in [5.74, 6) is 0.363. The van der Waals surface area contributed by atoms with Crippen molar-refractivity contribution in [2.24, 2.45) is 4.99 Å². The number of halogens is 1. The van der Waals surface area contributed by atoms with Crippen LogP contribution in [-0.4, -0.2) is 58.8 Å². The molecule has 0 saturated carbocycles. The minimum atomic E-state index is -0.576. The van der Waals surface area contributed by atoms with Crippen LogP contribution in [0.1, 0.15) is 35.1 Å². The summed E-state index contributed by atoms with van der Waals surface area (Å²) in [6.45, 7) is 1.52. The number of urea groups is 1. The van der Waals surface area contributed by atoms with Gasteiger partial charge in [0.2, 0.25) is 11.9 Å². The summed E-state index contributed by atoms with van der Waals surface area (Å²) in [4.78, 5) is 50.2. The fraction of sp³-hybridized carbons (Fsp3) is 0.209. The minimum absolute atomic E-state index is 0.0236. The lowest BCUT2D eigenvalue weighted by molar-refractivity contribution is -0.135. The number of nitrogens with one attached hydrogen (secondary N) is 1. The number of nitrogens with zero attached hydrogens (tertiary/aromatic N) is 4. The molecule has 5 aromatic rings. The molecule has 0 fully saturated rings. The first kappa shape index (κ1) is 37.6. The van der Waals surface area contributed by atoms with E-state index in [2.05, 4.69) is 5.32 Å². The third-order valence-corrected chi connectivity index (χ3v) is 9.07. The van der Waals surface area contributed by atoms with E-state index in [0.29, 0.717) is 48.9 Å². The summed E-state index contributed by atoms with van der Waals surface area (Å²) in [6.07, 6.45) is 0.825. The summed E-state index contributed by atoms with van der Waals surface area (Å²) in [7, 11) is 1.80. The van der Waals surface area contributed by atoms with Gasteiger partial charge in [0.05, 0.1) is 11.6 Å². The van der Waals surface area contributed by atoms with E-state index in [0.717, 1.165) is 22.3 Å². The van der Waals surface area contributed by atoms with Crippen LogP contribution in [-0.2, 0) is 35.8 Å². The van der Waals surface area contributed by atoms with E-state index in [1.54, 1.807) is 46.0 Å². The van der Waals surface area contributed by atoms with Gasteiger partial charge in [0.25, 0.3) is 0 Å². The Kier molecular flexibility index (Phi) is 12.9. The summed E-state index contributed by atoms with van der Waals surface area (Å²) in [6, 6.07) is 41.2. The summed E-state index contributed by atoms with van der Waals surface area (Å²) in [5, 5.41) is 3.30. The highest BCUT2D eigenvalue weighted by molar-refractivity contribution is 6.32. The summed E-state index contributed by atoms with van der Waals surface area (Å²) >= 11 is 6.27. The maximum Gasteiger partial charge on any atom is 0.331 e. The number of hydrogen-bond acceptors (Lipinski definition) is 7. The van der Waals surface area contributed by atoms with Gasteiger partial charge in [-0.2, -0.15) is 0 Å². The van der Waals surface area contributed by atoms with Crippen molar-refractivity contribution in [3.63, 3.8) is 0 Å². The Balaban J connectivity index is 1.20. The van der Waals surface area contributed by atoms with Crippen LogP contribution < -0.4 is 14.8 Å². The predicted octanol–water partition coefficient (Wildman–Crippen LogP) is 7.98. The SMILES string of the molecule is CN(Cc1ccccc1)C(=O)CCCOc1cccc2c1N=C(NC(=O)N(Cc1ccccc1)Cc1ccccc1)N(CC(=O)Oc1ccccc1Cl)C2. The molecular formula is C43H42ClN5O5. The number of carbonyl (C=O) groups excluding carboxylic acids is 3. The van der Waals surface area contributed by atoms with Gasteiger partial charge in [0, 0.05) is 45.2 Å². The number of esters is 1. The number of aliphatic imine (C=N–C) groups is 1. The number of carbonyl (C=O) groups is 3. The lowest BCUT2D eigenvalue weighted by Gasteiger charge is -2.32. The molecule has 0 bridgehead atoms. The number of benzene rings is 5. The van der Waals surface area contributed by atoms with Crippen molar-refractivity contribution in [3.05, 3.63) is 161 Å². The van der Waals surface area contributed by atoms with Crippen LogP contribution in [0.25, 0.3) is 0 Å². The Bertz CT molecular complexity index is 2020. The van der Waals surface area contributed by atoms with Gasteiger partial charge >= 0.3 is 12.0 Å². The molecule has 5 aromatic carbocycles. The predicted molar refractivity (Wildman–Crippen MR) is 209 cm³/mol. The number of rotatable bonds is 14. The van der Waals surface area contributed by atoms with E-state index in [4.69, 9.17) is 26.1 Å². The van der Waals surface area contributed by atoms with E-state index in [1.807, 2.05) is 109 Å². The van der Waals surface area contributed by atoms with Crippen molar-refractivity contribution in [3.8, 4) is 11.5 Å². The van der Waals surface area contributed by atoms with Crippen LogP contribution in [0.4, 0.5) is 10.5 Å². The average molecular weight is 744 g/mol. The topological polar surface area (TPSA) is 104 Å². The average Bonchev–Trinajstić information content (AvgIpc) is 3.18. The molecule has 3 amide bonds. The van der Waals surface area contributed by atoms with Crippen molar-refractivity contribution in [1.29, 1.82) is 0 Å². The molecule has 0 radical (unpaired) electrons. The first-order valence-corrected chi connectivity index (χ1v) is 18.2. The largest absolute Gasteiger partial charge is 0.491 e. The van der Waals surface area contributed by atoms with Crippen LogP contribution in [0, 0.1) is 0 Å². The van der Waals surface area contributed by atoms with E-state index in [9.17, 15) is 14.4 Å². The Morgan fingerprint density at radius 3 is 1.94 bits per heavy atom. The lowest BCUT2D eigenvalue weighted by Crippen LogP contribution is -2.51. The van der Waals surface area contributed by atoms with Crippen LogP contribution in [0.3, 0.4) is 0 Å². The van der Waals surface area contributed by atoms with Crippen molar-refractivity contribution in [1.82, 2.24) is 20.0 Å². The van der Waals surface area contributed by atoms with Gasteiger partial charge in [-0.05, 0) is 41.3 Å². The number of hydrogen-bond donors (Lipinski definition) is 1. The molecule has 1 heterocycles. The van der Waals surface area contributed by atoms with E-state index >= 15 is 0 Å². The molecule has 0 spiro atoms. The van der Waals surface area contributed by atoms with E-state index in [1.165, 1.54) is 0 Å². The monoisotopic (exact) mass is 743 g/mol. The molecule has 6 rings (SSSR count). The molecule has 1 aliphatic rings. The third kappa shape index (κ3) is 10.5. The molecular weight excluding hydrogens is 702 g/mol. The molecule has 11 heteroatoms. The van der Waals surface area contributed by atoms with Gasteiger partial charge in [-0.3, -0.25) is 10.1 Å². The second kappa shape index (κ2) is 18.6. The smallest absolute Gasteiger partial charge is 0.331 e. The van der Waals surface area contributed by atoms with Crippen LogP contribution >= 0.6 is 11.6 Å². The first-order chi connectivity index (χ1) is 26.3. The molecule has 0 unspecified atom stereocenters. The molecule has 1 aliphatic heterocycles. The van der Waals surface area contributed by atoms with Crippen molar-refractivity contribution in [2.75, 3.05) is 20.2 Å². The molecule has 0 saturated heterocycles. The van der Waals surface area contributed by atoms with Gasteiger partial charge in [-0.15, -0.1) is 0 Å². The van der Waals surface area contributed by atoms with Crippen LogP contribution in [0.5, 0.6) is 11.5 Å². The standard InChI is InChI=1S/C43H42ClN5O5/c1-47(27-32-15-5-2-6-16-32)39(50)25-14-26-53-38-24-13-21-35-30-48(31-40(51)54-37-23-12-11-22-36(37)44)42(45-41(35)38)46-43(52)49(28-33-17-7-3-8-18-33)29-34-19-9-4-10-20-34/h2-13,15-24H,14,25-31H2,1H3,(H,45,46,52). The van der Waals surface area contributed by atoms with Gasteiger partial charge in [0.15, 0.2) is 0 Å². The molecule has 0 aliphatic carbocycles. The number of ether oxygens (including phenoxy) is 2. The Morgan fingerprint density at radius 1 is 0.741 bits per heavy atom. The van der Waals surface area contributed by atoms with Gasteiger partial charge < -0.3 is 24.2 Å². The molecule has 276 valence electrons. The highest BCUT2D eigenvalue weighted by Gasteiger charge is 2.28. The number of amides is 3. The van der Waals surface area contributed by atoms with Crippen LogP contribution in [0.15, 0.2) is 138 Å². The molecule has 0 aromatic heterocycles. The van der Waals surface area contributed by atoms with Crippen LogP contribution in [0.2, 0.25) is 5.02 Å². The highest BCUT2D eigenvalue weighted by Crippen LogP contribution is 2.36. The fourth-order valence-corrected chi connectivity index (χ4v) is 6.17. The van der Waals surface area contributed by atoms with Gasteiger partial charge in [-0.25, -0.2) is 14.6 Å². The number of para-hydroxylation sites is 2. The second-order valence-electron chi connectivity index (χ2n) is 12.9. The molecule has 1 N–H and O–H groups in total. The minimum Gasteiger partial charge on any atom is -0.491 e. The summed E-state index contributed by atoms with van der Waals surface area (Å²) in [5.41, 5.74) is 4.31. The summed E-state index contributed by atoms with van der Waals surface area (Å²) < 4.78 is 11.8. The quantitative estimate of drug-likeness (QED) is 0.0703. The number of guanidine groups is 1. The number of fused-ring (bicyclic) bond motifs is 1. The zero-order valence-electron chi connectivity index (χ0n) is 30.1. The Labute approximate surface area is 320 Å². The fourth-order valence-electron chi connectivity index (χ4n) is 6.00. The van der Waals surface area contributed by atoms with Crippen molar-refractivity contribution >= 4 is 41.2 Å². The lowest BCUT2D eigenvalue weighted by atomic mass is 10.1. The van der Waals surface area contributed by atoms with Gasteiger partial charge in [-0.1, -0.05) is 127 Å². The molecule has 10 nitrogen and oxygen atoms in total. The first-order valence-electron chi connectivity index (χ1n) is 17.8. The zero-order valence-corrected chi connectivity index (χ0v) is 30.8. The Morgan fingerprint density at radius 2 is 1.31 bits per heavy atom. The van der Waals surface area contributed by atoms with Gasteiger partial charge in [0.1, 0.15) is 23.7 Å². The second-order valence-corrected chi connectivity index (χ2v) is 13.3. The Hall–Kier alpha value is -6.13. The van der Waals surface area contributed by atoms with E-state index < -0.39 is 12.0 Å². The zero-order chi connectivity index (χ0) is 37.7. The molecule has 0 atom stereocenters. The molecule has 54 heavy (non-hydrogen) atoms. The van der Waals surface area contributed by atoms with E-state index in [-0.39, 0.29) is 37.3 Å². The maximum atomic E-state index is 14.1. The highest BCUT2D eigenvalue weighted by atomic mass is 35.5. The normalized spacial score (nSPS) is 11.9. The third-order valence-electron chi connectivity index (χ3n) is 8.76. The van der Waals surface area contributed by atoms with Crippen molar-refractivity contribution in [2.45, 2.75) is 39.0 Å². The maximum absolute atomic E-state index is 14.1. The van der Waals surface area contributed by atoms with Crippen molar-refractivity contribution < 1.29 is 23.9 Å².